The molecule has 1 atom stereocenters. The molecule has 5 nitrogen and oxygen atoms in total. The van der Waals surface area contributed by atoms with Crippen LogP contribution in [0.3, 0.4) is 0 Å². The minimum absolute atomic E-state index is 0.0110. The van der Waals surface area contributed by atoms with Crippen molar-refractivity contribution >= 4 is 39.1 Å². The molecule has 2 fully saturated rings. The number of carbonyl (C=O) groups excluding carboxylic acids is 2. The molecule has 4 rings (SSSR count). The van der Waals surface area contributed by atoms with E-state index in [0.717, 1.165) is 47.3 Å². The molecule has 0 radical (unpaired) electrons. The summed E-state index contributed by atoms with van der Waals surface area (Å²) in [7, 11) is 0. The summed E-state index contributed by atoms with van der Waals surface area (Å²) < 4.78 is 0.975. The van der Waals surface area contributed by atoms with Gasteiger partial charge in [-0.3, -0.25) is 9.59 Å². The Bertz CT molecular complexity index is 936. The van der Waals surface area contributed by atoms with Crippen molar-refractivity contribution in [1.82, 2.24) is 5.32 Å². The van der Waals surface area contributed by atoms with Gasteiger partial charge in [-0.1, -0.05) is 34.1 Å². The molecule has 0 aromatic heterocycles. The second-order valence-corrected chi connectivity index (χ2v) is 9.38. The summed E-state index contributed by atoms with van der Waals surface area (Å²) in [5, 5.41) is 6.03. The van der Waals surface area contributed by atoms with E-state index in [1.165, 1.54) is 12.8 Å². The highest BCUT2D eigenvalue weighted by molar-refractivity contribution is 9.10. The van der Waals surface area contributed by atoms with Gasteiger partial charge in [-0.2, -0.15) is 0 Å². The lowest BCUT2D eigenvalue weighted by molar-refractivity contribution is -0.124. The van der Waals surface area contributed by atoms with Crippen molar-refractivity contribution in [2.75, 3.05) is 23.3 Å². The molecule has 1 aliphatic carbocycles. The monoisotopic (exact) mass is 469 g/mol. The van der Waals surface area contributed by atoms with Crippen LogP contribution in [0.2, 0.25) is 0 Å². The van der Waals surface area contributed by atoms with E-state index in [-0.39, 0.29) is 24.3 Å². The van der Waals surface area contributed by atoms with Crippen LogP contribution in [0.15, 0.2) is 53.0 Å². The van der Waals surface area contributed by atoms with Gasteiger partial charge in [0.1, 0.15) is 0 Å². The third-order valence-electron chi connectivity index (χ3n) is 6.03. The van der Waals surface area contributed by atoms with Gasteiger partial charge in [0.2, 0.25) is 11.8 Å². The molecule has 2 aromatic rings. The number of amides is 2. The van der Waals surface area contributed by atoms with E-state index in [4.69, 9.17) is 0 Å². The zero-order valence-electron chi connectivity index (χ0n) is 17.3. The number of hydrogen-bond donors (Lipinski definition) is 2. The maximum atomic E-state index is 12.9. The first-order valence-electron chi connectivity index (χ1n) is 10.7. The largest absolute Gasteiger partial charge is 0.371 e. The van der Waals surface area contributed by atoms with Gasteiger partial charge in [-0.25, -0.2) is 0 Å². The van der Waals surface area contributed by atoms with Crippen molar-refractivity contribution in [3.05, 3.63) is 58.6 Å². The molecular formula is C24H28BrN3O2. The van der Waals surface area contributed by atoms with E-state index in [2.05, 4.69) is 37.5 Å². The van der Waals surface area contributed by atoms with Crippen LogP contribution in [0, 0.1) is 0 Å². The molecule has 30 heavy (non-hydrogen) atoms. The van der Waals surface area contributed by atoms with Gasteiger partial charge < -0.3 is 15.5 Å². The molecule has 1 saturated heterocycles. The Hall–Kier alpha value is -2.34. The highest BCUT2D eigenvalue weighted by Crippen LogP contribution is 2.49. The van der Waals surface area contributed by atoms with E-state index < -0.39 is 5.41 Å². The third-order valence-corrected chi connectivity index (χ3v) is 6.53. The quantitative estimate of drug-likeness (QED) is 0.621. The number of carbonyl (C=O) groups is 2. The average Bonchev–Trinajstić information content (AvgIpc) is 3.35. The van der Waals surface area contributed by atoms with Gasteiger partial charge in [0.15, 0.2) is 0 Å². The highest BCUT2D eigenvalue weighted by atomic mass is 79.9. The molecule has 158 valence electrons. The van der Waals surface area contributed by atoms with Crippen molar-refractivity contribution in [3.63, 3.8) is 0 Å². The summed E-state index contributed by atoms with van der Waals surface area (Å²) in [6.45, 7) is 4.02. The summed E-state index contributed by atoms with van der Waals surface area (Å²) >= 11 is 3.49. The smallest absolute Gasteiger partial charge is 0.230 e. The Labute approximate surface area is 186 Å². The number of hydrogen-bond acceptors (Lipinski definition) is 3. The van der Waals surface area contributed by atoms with Crippen molar-refractivity contribution < 1.29 is 9.59 Å². The predicted molar refractivity (Wildman–Crippen MR) is 124 cm³/mol. The van der Waals surface area contributed by atoms with Crippen LogP contribution in [-0.2, 0) is 15.0 Å². The van der Waals surface area contributed by atoms with Crippen molar-refractivity contribution in [3.8, 4) is 0 Å². The molecule has 1 unspecified atom stereocenters. The predicted octanol–water partition coefficient (Wildman–Crippen LogP) is 4.61. The fourth-order valence-corrected chi connectivity index (χ4v) is 4.62. The minimum Gasteiger partial charge on any atom is -0.371 e. The van der Waals surface area contributed by atoms with Crippen LogP contribution >= 0.6 is 15.9 Å². The Morgan fingerprint density at radius 2 is 1.83 bits per heavy atom. The van der Waals surface area contributed by atoms with Crippen LogP contribution in [0.5, 0.6) is 0 Å². The fourth-order valence-electron chi connectivity index (χ4n) is 4.22. The molecule has 2 aliphatic rings. The molecule has 1 aliphatic heterocycles. The molecule has 2 amide bonds. The Kier molecular flexibility index (Phi) is 6.14. The number of benzene rings is 2. The van der Waals surface area contributed by atoms with E-state index in [1.54, 1.807) is 0 Å². The van der Waals surface area contributed by atoms with Crippen LogP contribution < -0.4 is 15.5 Å². The molecule has 2 aromatic carbocycles. The molecule has 1 saturated carbocycles. The van der Waals surface area contributed by atoms with Crippen molar-refractivity contribution in [1.29, 1.82) is 0 Å². The first-order chi connectivity index (χ1) is 14.5. The van der Waals surface area contributed by atoms with Crippen molar-refractivity contribution in [2.45, 2.75) is 50.5 Å². The van der Waals surface area contributed by atoms with Gasteiger partial charge >= 0.3 is 0 Å². The van der Waals surface area contributed by atoms with E-state index in [9.17, 15) is 9.59 Å². The van der Waals surface area contributed by atoms with Gasteiger partial charge in [0.25, 0.3) is 0 Å². The molecule has 6 heteroatoms. The molecule has 0 spiro atoms. The molecule has 2 N–H and O–H groups in total. The maximum absolute atomic E-state index is 12.9. The van der Waals surface area contributed by atoms with Gasteiger partial charge in [-0.05, 0) is 68.5 Å². The SMILES string of the molecule is CC(CC(=O)Nc1cccc(N2CCCC2)c1)NC(=O)C1(c2cccc(Br)c2)CC1. The standard InChI is InChI=1S/C24H28BrN3O2/c1-17(26-23(30)24(10-11-24)18-6-4-7-19(25)15-18)14-22(29)27-20-8-5-9-21(16-20)28-12-2-3-13-28/h4-9,15-17H,2-3,10-14H2,1H3,(H,26,30)(H,27,29). The average molecular weight is 470 g/mol. The first kappa shape index (κ1) is 20.9. The Balaban J connectivity index is 1.32. The summed E-state index contributed by atoms with van der Waals surface area (Å²) in [5.74, 6) is -0.0781. The fraction of sp³-hybridized carbons (Fsp3) is 0.417. The number of anilines is 2. The summed E-state index contributed by atoms with van der Waals surface area (Å²) in [6.07, 6.45) is 4.37. The zero-order valence-corrected chi connectivity index (χ0v) is 18.9. The van der Waals surface area contributed by atoms with Crippen molar-refractivity contribution in [2.24, 2.45) is 0 Å². The minimum atomic E-state index is -0.446. The molecular weight excluding hydrogens is 442 g/mol. The second-order valence-electron chi connectivity index (χ2n) is 8.46. The zero-order chi connectivity index (χ0) is 21.1. The van der Waals surface area contributed by atoms with Crippen LogP contribution in [0.25, 0.3) is 0 Å². The van der Waals surface area contributed by atoms with Gasteiger partial charge in [-0.15, -0.1) is 0 Å². The normalized spacial score (nSPS) is 18.0. The lowest BCUT2D eigenvalue weighted by Crippen LogP contribution is -2.41. The second kappa shape index (κ2) is 8.80. The number of rotatable bonds is 7. The number of nitrogens with zero attached hydrogens (tertiary/aromatic N) is 1. The summed E-state index contributed by atoms with van der Waals surface area (Å²) in [5.41, 5.74) is 2.54. The molecule has 0 bridgehead atoms. The third kappa shape index (κ3) is 4.69. The van der Waals surface area contributed by atoms with E-state index in [0.29, 0.717) is 0 Å². The van der Waals surface area contributed by atoms with Crippen LogP contribution in [-0.4, -0.2) is 30.9 Å². The summed E-state index contributed by atoms with van der Waals surface area (Å²) in [6, 6.07) is 15.7. The molecule has 1 heterocycles. The van der Waals surface area contributed by atoms with Gasteiger partial charge in [0.05, 0.1) is 5.41 Å². The lowest BCUT2D eigenvalue weighted by Gasteiger charge is -2.21. The van der Waals surface area contributed by atoms with Crippen LogP contribution in [0.4, 0.5) is 11.4 Å². The lowest BCUT2D eigenvalue weighted by atomic mass is 9.94. The van der Waals surface area contributed by atoms with E-state index >= 15 is 0 Å². The maximum Gasteiger partial charge on any atom is 0.230 e. The Morgan fingerprint density at radius 3 is 2.53 bits per heavy atom. The number of nitrogens with one attached hydrogen (secondary N) is 2. The van der Waals surface area contributed by atoms with E-state index in [1.807, 2.05) is 49.4 Å². The Morgan fingerprint density at radius 1 is 1.10 bits per heavy atom. The topological polar surface area (TPSA) is 61.4 Å². The van der Waals surface area contributed by atoms with Crippen LogP contribution in [0.1, 0.15) is 44.6 Å². The first-order valence-corrected chi connectivity index (χ1v) is 11.5. The summed E-state index contributed by atoms with van der Waals surface area (Å²) in [4.78, 5) is 27.8. The van der Waals surface area contributed by atoms with Gasteiger partial charge in [0, 0.05) is 41.4 Å². The highest BCUT2D eigenvalue weighted by Gasteiger charge is 2.51. The number of halogens is 1.